The molecule has 24 nitrogen and oxygen atoms in total. The highest BCUT2D eigenvalue weighted by Gasteiger charge is 2.49. The molecule has 3 aliphatic heterocycles. The molecule has 0 saturated carbocycles. The van der Waals surface area contributed by atoms with E-state index in [-0.39, 0.29) is 45.6 Å². The van der Waals surface area contributed by atoms with Crippen LogP contribution < -0.4 is 5.32 Å². The quantitative estimate of drug-likeness (QED) is 0.0293. The fourth-order valence-corrected chi connectivity index (χ4v) is 5.46. The SMILES string of the molecule is CN(OC(=O)COCCOCC(=O)NCCOC1OC(CO[C@H]2OC(CO)[C@@H](O)C(O)C2O)CC(O[C@H]2OC(CO)[C@@H](O)C(O)C2O)C1O)C(=O)CCC=O. The zero-order valence-corrected chi connectivity index (χ0v) is 29.9. The van der Waals surface area contributed by atoms with E-state index in [4.69, 9.17) is 42.7 Å². The Morgan fingerprint density at radius 1 is 0.745 bits per heavy atom. The van der Waals surface area contributed by atoms with Gasteiger partial charge >= 0.3 is 5.97 Å². The van der Waals surface area contributed by atoms with Crippen molar-refractivity contribution in [1.29, 1.82) is 0 Å². The first kappa shape index (κ1) is 46.8. The zero-order valence-electron chi connectivity index (χ0n) is 29.9. The van der Waals surface area contributed by atoms with Crippen LogP contribution in [0.15, 0.2) is 0 Å². The van der Waals surface area contributed by atoms with Crippen LogP contribution in [-0.4, -0.2) is 228 Å². The lowest BCUT2D eigenvalue weighted by molar-refractivity contribution is -0.348. The summed E-state index contributed by atoms with van der Waals surface area (Å²) in [4.78, 5) is 50.7. The number of hydrogen-bond acceptors (Lipinski definition) is 22. The molecule has 0 bridgehead atoms. The number of aliphatic hydroxyl groups is 9. The van der Waals surface area contributed by atoms with Crippen molar-refractivity contribution >= 4 is 24.1 Å². The number of carbonyl (C=O) groups is 4. The van der Waals surface area contributed by atoms with E-state index in [9.17, 15) is 65.1 Å². The molecule has 3 heterocycles. The first-order valence-corrected chi connectivity index (χ1v) is 17.4. The van der Waals surface area contributed by atoms with Gasteiger partial charge in [0.2, 0.25) is 5.91 Å². The number of aliphatic hydroxyl groups excluding tert-OH is 9. The van der Waals surface area contributed by atoms with Gasteiger partial charge in [-0.15, -0.1) is 0 Å². The number of aldehydes is 1. The van der Waals surface area contributed by atoms with Crippen LogP contribution in [0.5, 0.6) is 0 Å². The number of rotatable bonds is 21. The molecule has 3 saturated heterocycles. The molecular formula is C31H52N2O22. The molecule has 0 radical (unpaired) electrons. The number of carbonyl (C=O) groups excluding carboxylic acids is 4. The molecule has 3 fully saturated rings. The predicted molar refractivity (Wildman–Crippen MR) is 172 cm³/mol. The first-order chi connectivity index (χ1) is 26.2. The topological polar surface area (TPSA) is 349 Å². The molecule has 0 aromatic carbocycles. The third-order valence-electron chi connectivity index (χ3n) is 8.53. The molecule has 0 spiro atoms. The van der Waals surface area contributed by atoms with Crippen LogP contribution in [0.4, 0.5) is 0 Å². The maximum absolute atomic E-state index is 12.2. The average molecular weight is 805 g/mol. The molecule has 3 rings (SSSR count). The van der Waals surface area contributed by atoms with Crippen LogP contribution >= 0.6 is 0 Å². The summed E-state index contributed by atoms with van der Waals surface area (Å²) in [7, 11) is 1.21. The minimum Gasteiger partial charge on any atom is -0.394 e. The Labute approximate surface area is 314 Å². The van der Waals surface area contributed by atoms with Crippen molar-refractivity contribution in [3.63, 3.8) is 0 Å². The monoisotopic (exact) mass is 804 g/mol. The second kappa shape index (κ2) is 23.6. The third kappa shape index (κ3) is 14.1. The molecule has 14 atom stereocenters. The van der Waals surface area contributed by atoms with E-state index in [1.165, 1.54) is 7.05 Å². The summed E-state index contributed by atoms with van der Waals surface area (Å²) in [5, 5.41) is 94.5. The number of hydrogen-bond donors (Lipinski definition) is 10. The van der Waals surface area contributed by atoms with Gasteiger partial charge in [0.15, 0.2) is 18.9 Å². The summed E-state index contributed by atoms with van der Waals surface area (Å²) in [6.07, 6.45) is -21.2. The van der Waals surface area contributed by atoms with Crippen molar-refractivity contribution in [2.45, 2.75) is 105 Å². The molecular weight excluding hydrogens is 752 g/mol. The van der Waals surface area contributed by atoms with E-state index in [1.807, 2.05) is 0 Å². The van der Waals surface area contributed by atoms with Crippen LogP contribution in [0, 0.1) is 0 Å². The summed E-state index contributed by atoms with van der Waals surface area (Å²) in [5.74, 6) is -2.01. The molecule has 0 aromatic rings. The number of nitrogens with zero attached hydrogens (tertiary/aromatic N) is 1. The Balaban J connectivity index is 1.47. The highest BCUT2D eigenvalue weighted by Crippen LogP contribution is 2.30. The summed E-state index contributed by atoms with van der Waals surface area (Å²) < 4.78 is 43.8. The van der Waals surface area contributed by atoms with Gasteiger partial charge in [0.05, 0.1) is 51.8 Å². The lowest BCUT2D eigenvalue weighted by Gasteiger charge is -2.44. The average Bonchev–Trinajstić information content (AvgIpc) is 3.17. The Kier molecular flexibility index (Phi) is 20.1. The Morgan fingerprint density at radius 3 is 1.95 bits per heavy atom. The van der Waals surface area contributed by atoms with Crippen molar-refractivity contribution in [3.05, 3.63) is 0 Å². The van der Waals surface area contributed by atoms with Gasteiger partial charge in [-0.2, -0.15) is 5.06 Å². The van der Waals surface area contributed by atoms with Gasteiger partial charge in [-0.1, -0.05) is 0 Å². The lowest BCUT2D eigenvalue weighted by Crippen LogP contribution is -2.62. The maximum Gasteiger partial charge on any atom is 0.357 e. The van der Waals surface area contributed by atoms with E-state index >= 15 is 0 Å². The van der Waals surface area contributed by atoms with Crippen molar-refractivity contribution in [3.8, 4) is 0 Å². The van der Waals surface area contributed by atoms with Gasteiger partial charge in [-0.25, -0.2) is 4.79 Å². The zero-order chi connectivity index (χ0) is 40.7. The Hall–Kier alpha value is -2.60. The number of amides is 2. The fourth-order valence-electron chi connectivity index (χ4n) is 5.46. The van der Waals surface area contributed by atoms with Crippen LogP contribution in [0.3, 0.4) is 0 Å². The van der Waals surface area contributed by atoms with Gasteiger partial charge in [-0.3, -0.25) is 9.59 Å². The minimum atomic E-state index is -1.80. The summed E-state index contributed by atoms with van der Waals surface area (Å²) >= 11 is 0. The lowest BCUT2D eigenvalue weighted by atomic mass is 9.98. The van der Waals surface area contributed by atoms with E-state index in [2.05, 4.69) is 5.32 Å². The van der Waals surface area contributed by atoms with Gasteiger partial charge in [-0.05, 0) is 0 Å². The van der Waals surface area contributed by atoms with Crippen molar-refractivity contribution < 1.29 is 108 Å². The Bertz CT molecular complexity index is 1180. The summed E-state index contributed by atoms with van der Waals surface area (Å²) in [5.41, 5.74) is 0. The highest BCUT2D eigenvalue weighted by molar-refractivity contribution is 5.79. The van der Waals surface area contributed by atoms with Crippen LogP contribution in [0.25, 0.3) is 0 Å². The molecule has 0 aromatic heterocycles. The third-order valence-corrected chi connectivity index (χ3v) is 8.53. The van der Waals surface area contributed by atoms with Crippen molar-refractivity contribution in [2.24, 2.45) is 0 Å². The second-order valence-corrected chi connectivity index (χ2v) is 12.6. The molecule has 10 N–H and O–H groups in total. The summed E-state index contributed by atoms with van der Waals surface area (Å²) in [6.45, 7) is -3.29. The number of nitrogens with one attached hydrogen (secondary N) is 1. The van der Waals surface area contributed by atoms with E-state index in [0.29, 0.717) is 11.3 Å². The van der Waals surface area contributed by atoms with Crippen molar-refractivity contribution in [2.75, 3.05) is 66.4 Å². The summed E-state index contributed by atoms with van der Waals surface area (Å²) in [6, 6.07) is 0. The number of ether oxygens (including phenoxy) is 8. The van der Waals surface area contributed by atoms with Gasteiger partial charge in [0.25, 0.3) is 5.91 Å². The highest BCUT2D eigenvalue weighted by atomic mass is 16.7. The smallest absolute Gasteiger partial charge is 0.357 e. The normalized spacial score (nSPS) is 35.2. The second-order valence-electron chi connectivity index (χ2n) is 12.6. The first-order valence-electron chi connectivity index (χ1n) is 17.4. The molecule has 2 amide bonds. The molecule has 10 unspecified atom stereocenters. The van der Waals surface area contributed by atoms with Crippen LogP contribution in [0.1, 0.15) is 19.3 Å². The van der Waals surface area contributed by atoms with Crippen molar-refractivity contribution in [1.82, 2.24) is 10.4 Å². The van der Waals surface area contributed by atoms with E-state index in [1.54, 1.807) is 0 Å². The molecule has 24 heteroatoms. The van der Waals surface area contributed by atoms with Gasteiger partial charge in [0.1, 0.15) is 74.4 Å². The van der Waals surface area contributed by atoms with Gasteiger partial charge in [0, 0.05) is 32.9 Å². The van der Waals surface area contributed by atoms with E-state index < -0.39 is 137 Å². The fraction of sp³-hybridized carbons (Fsp3) is 0.871. The predicted octanol–water partition coefficient (Wildman–Crippen LogP) is -7.47. The van der Waals surface area contributed by atoms with Gasteiger partial charge < -0.3 is 98.8 Å². The molecule has 318 valence electrons. The minimum absolute atomic E-state index is 0.0179. The van der Waals surface area contributed by atoms with Crippen LogP contribution in [0.2, 0.25) is 0 Å². The Morgan fingerprint density at radius 2 is 1.33 bits per heavy atom. The number of hydroxylamine groups is 2. The maximum atomic E-state index is 12.2. The van der Waals surface area contributed by atoms with Crippen LogP contribution in [-0.2, 0) is 61.9 Å². The molecule has 55 heavy (non-hydrogen) atoms. The molecule has 3 aliphatic rings. The van der Waals surface area contributed by atoms with E-state index in [0.717, 1.165) is 0 Å². The largest absolute Gasteiger partial charge is 0.394 e. The standard InChI is InChI=1S/C31H52N2O22/c1-33(20(38)3-2-5-34)55-21(39)14-48-8-7-47-13-19(37)32-4-6-49-29-24(42)16(52-31-28(46)26(44)23(41)18(11-36)54-31)9-15(51-29)12-50-30-27(45)25(43)22(40)17(10-35)53-30/h5,15-18,22-31,35-36,40-46H,2-4,6-14H2,1H3,(H,32,37)/t15?,16?,17?,18?,22-,23-,24?,25?,26?,27?,28?,29?,30+,31+/m1/s1. The molecule has 0 aliphatic carbocycles.